The lowest BCUT2D eigenvalue weighted by Crippen LogP contribution is -2.60. The number of hydrogen-bond donors (Lipinski definition) is 5. The fourth-order valence-corrected chi connectivity index (χ4v) is 13.0. The lowest BCUT2D eigenvalue weighted by atomic mass is 9.41. The van der Waals surface area contributed by atoms with E-state index in [4.69, 9.17) is 14.2 Å². The Hall–Kier alpha value is -0.650. The van der Waals surface area contributed by atoms with Crippen molar-refractivity contribution in [3.05, 3.63) is 0 Å². The van der Waals surface area contributed by atoms with Gasteiger partial charge in [-0.1, -0.05) is 34.6 Å². The molecule has 9 heteroatoms. The second-order valence-corrected chi connectivity index (χ2v) is 17.8. The van der Waals surface area contributed by atoms with Crippen molar-refractivity contribution in [2.75, 3.05) is 6.61 Å². The Morgan fingerprint density at radius 1 is 0.955 bits per heavy atom. The Labute approximate surface area is 262 Å². The molecule has 2 aliphatic heterocycles. The molecule has 7 aliphatic rings. The average Bonchev–Trinajstić information content (AvgIpc) is 3.58. The fourth-order valence-electron chi connectivity index (χ4n) is 13.0. The van der Waals surface area contributed by atoms with E-state index in [1.807, 2.05) is 0 Å². The van der Waals surface area contributed by atoms with Crippen LogP contribution in [-0.2, 0) is 19.0 Å². The number of Topliss-reactive ketones (excluding diaryl/α,β-unsaturated/α-hetero) is 1. The number of hydrogen-bond acceptors (Lipinski definition) is 9. The van der Waals surface area contributed by atoms with Crippen LogP contribution in [0.4, 0.5) is 0 Å². The molecule has 7 rings (SSSR count). The fraction of sp³-hybridized carbons (Fsp3) is 0.971. The van der Waals surface area contributed by atoms with Crippen molar-refractivity contribution in [2.24, 2.45) is 50.7 Å². The minimum Gasteiger partial charge on any atom is -0.388 e. The summed E-state index contributed by atoms with van der Waals surface area (Å²) in [5.41, 5.74) is -1.91. The smallest absolute Gasteiger partial charge is 0.186 e. The van der Waals surface area contributed by atoms with E-state index in [0.717, 1.165) is 44.9 Å². The van der Waals surface area contributed by atoms with Gasteiger partial charge < -0.3 is 39.7 Å². The molecule has 0 aromatic rings. The number of ether oxygens (including phenoxy) is 3. The molecule has 0 aromatic heterocycles. The molecular formula is C35H56O9. The molecule has 250 valence electrons. The SMILES string of the molecule is C[C@@H]1C[C@H]([C@H](O)C(C)(C)O)OC2C(=O)[C@@]3(C)[C@@H]4CC[C@H]5C(C)(C)[C@@H](O[C@@H]6OC[C@@H](O)[C@H](O)[C@H]6O)CC[C@@]56C[C@@]46CC[C@]3(C)C21. The van der Waals surface area contributed by atoms with E-state index in [0.29, 0.717) is 12.3 Å². The van der Waals surface area contributed by atoms with Crippen LogP contribution < -0.4 is 0 Å². The van der Waals surface area contributed by atoms with Crippen molar-refractivity contribution in [1.29, 1.82) is 0 Å². The van der Waals surface area contributed by atoms with Crippen LogP contribution in [0.2, 0.25) is 0 Å². The first-order chi connectivity index (χ1) is 20.4. The Kier molecular flexibility index (Phi) is 7.05. The minimum absolute atomic E-state index is 0.0681. The van der Waals surface area contributed by atoms with Crippen molar-refractivity contribution in [1.82, 2.24) is 0 Å². The summed E-state index contributed by atoms with van der Waals surface area (Å²) in [5.74, 6) is 1.22. The summed E-state index contributed by atoms with van der Waals surface area (Å²) >= 11 is 0. The van der Waals surface area contributed by atoms with Crippen molar-refractivity contribution in [3.8, 4) is 0 Å². The highest BCUT2D eigenvalue weighted by molar-refractivity contribution is 5.93. The van der Waals surface area contributed by atoms with Gasteiger partial charge in [-0.25, -0.2) is 0 Å². The van der Waals surface area contributed by atoms with E-state index < -0.39 is 53.9 Å². The maximum absolute atomic E-state index is 14.8. The third-order valence-corrected chi connectivity index (χ3v) is 15.3. The first-order valence-corrected chi connectivity index (χ1v) is 17.3. The Morgan fingerprint density at radius 3 is 2.30 bits per heavy atom. The van der Waals surface area contributed by atoms with Crippen molar-refractivity contribution in [3.63, 3.8) is 0 Å². The maximum Gasteiger partial charge on any atom is 0.186 e. The van der Waals surface area contributed by atoms with Crippen LogP contribution in [0.25, 0.3) is 0 Å². The number of fused-ring (bicyclic) bond motifs is 4. The van der Waals surface area contributed by atoms with Crippen LogP contribution in [-0.4, -0.2) is 92.5 Å². The zero-order valence-corrected chi connectivity index (χ0v) is 27.7. The third-order valence-electron chi connectivity index (χ3n) is 15.3. The second kappa shape index (κ2) is 9.71. The van der Waals surface area contributed by atoms with Gasteiger partial charge in [0.15, 0.2) is 12.1 Å². The van der Waals surface area contributed by atoms with E-state index >= 15 is 0 Å². The largest absolute Gasteiger partial charge is 0.388 e. The number of aliphatic hydroxyl groups is 5. The Bertz CT molecular complexity index is 1180. The summed E-state index contributed by atoms with van der Waals surface area (Å²) in [6.07, 6.45) is 0.738. The topological polar surface area (TPSA) is 146 Å². The van der Waals surface area contributed by atoms with Gasteiger partial charge in [0.2, 0.25) is 0 Å². The molecule has 9 nitrogen and oxygen atoms in total. The van der Waals surface area contributed by atoms with Gasteiger partial charge in [0.05, 0.1) is 24.4 Å². The van der Waals surface area contributed by atoms with E-state index in [-0.39, 0.29) is 57.9 Å². The number of aliphatic hydroxyl groups excluding tert-OH is 4. The van der Waals surface area contributed by atoms with Gasteiger partial charge in [-0.3, -0.25) is 4.79 Å². The van der Waals surface area contributed by atoms with Gasteiger partial charge >= 0.3 is 0 Å². The lowest BCUT2D eigenvalue weighted by molar-refractivity contribution is -0.302. The van der Waals surface area contributed by atoms with Gasteiger partial charge in [0.25, 0.3) is 0 Å². The van der Waals surface area contributed by atoms with Gasteiger partial charge in [-0.2, -0.15) is 0 Å². The molecule has 5 N–H and O–H groups in total. The van der Waals surface area contributed by atoms with Crippen molar-refractivity contribution in [2.45, 2.75) is 154 Å². The monoisotopic (exact) mass is 620 g/mol. The zero-order valence-electron chi connectivity index (χ0n) is 27.7. The average molecular weight is 621 g/mol. The van der Waals surface area contributed by atoms with Crippen LogP contribution in [0.1, 0.15) is 99.8 Å². The number of carbonyl (C=O) groups excluding carboxylic acids is 1. The summed E-state index contributed by atoms with van der Waals surface area (Å²) in [5, 5.41) is 52.2. The summed E-state index contributed by atoms with van der Waals surface area (Å²) < 4.78 is 18.6. The molecule has 0 radical (unpaired) electrons. The molecule has 2 saturated heterocycles. The predicted octanol–water partition coefficient (Wildman–Crippen LogP) is 2.96. The molecule has 2 spiro atoms. The lowest BCUT2D eigenvalue weighted by Gasteiger charge is -2.62. The maximum atomic E-state index is 14.8. The van der Waals surface area contributed by atoms with E-state index in [1.54, 1.807) is 13.8 Å². The molecule has 0 aromatic carbocycles. The highest BCUT2D eigenvalue weighted by Gasteiger charge is 2.85. The number of rotatable bonds is 4. The molecule has 2 unspecified atom stereocenters. The molecular weight excluding hydrogens is 564 g/mol. The Balaban J connectivity index is 1.15. The van der Waals surface area contributed by atoms with Gasteiger partial charge in [-0.15, -0.1) is 0 Å². The molecule has 44 heavy (non-hydrogen) atoms. The van der Waals surface area contributed by atoms with E-state index in [9.17, 15) is 30.3 Å². The van der Waals surface area contributed by atoms with Crippen LogP contribution >= 0.6 is 0 Å². The molecule has 2 heterocycles. The summed E-state index contributed by atoms with van der Waals surface area (Å²) in [7, 11) is 0. The standard InChI is InChI=1S/C35H56O9/c1-17-14-19(27(39)31(4,5)41)43-26-23(17)32(6)12-13-35-16-34(35)11-10-22(44-29-25(38)24(37)18(36)15-42-29)30(2,3)20(34)8-9-21(35)33(32,7)28(26)40/h17-27,29,36-39,41H,8-16H2,1-7H3/t17-,18-,19-,20+,21+,22+,23?,24+,25-,26?,27+,29+,32-,33-,34-,35+/m1/s1. The van der Waals surface area contributed by atoms with Gasteiger partial charge in [0, 0.05) is 11.3 Å². The summed E-state index contributed by atoms with van der Waals surface area (Å²) in [4.78, 5) is 14.8. The second-order valence-electron chi connectivity index (χ2n) is 17.8. The minimum atomic E-state index is -1.31. The first kappa shape index (κ1) is 31.9. The molecule has 0 bridgehead atoms. The predicted molar refractivity (Wildman–Crippen MR) is 160 cm³/mol. The molecule has 7 fully saturated rings. The van der Waals surface area contributed by atoms with Gasteiger partial charge in [0.1, 0.15) is 30.5 Å². The van der Waals surface area contributed by atoms with Crippen molar-refractivity contribution >= 4 is 5.78 Å². The third kappa shape index (κ3) is 3.84. The van der Waals surface area contributed by atoms with Crippen molar-refractivity contribution < 1.29 is 44.5 Å². The van der Waals surface area contributed by atoms with Crippen LogP contribution in [0.3, 0.4) is 0 Å². The number of ketones is 1. The Morgan fingerprint density at radius 2 is 1.61 bits per heavy atom. The molecule has 5 aliphatic carbocycles. The summed E-state index contributed by atoms with van der Waals surface area (Å²) in [6.45, 7) is 14.5. The van der Waals surface area contributed by atoms with Gasteiger partial charge in [-0.05, 0) is 105 Å². The van der Waals surface area contributed by atoms with Crippen LogP contribution in [0, 0.1) is 50.7 Å². The molecule has 5 saturated carbocycles. The van der Waals surface area contributed by atoms with E-state index in [1.165, 1.54) is 0 Å². The quantitative estimate of drug-likeness (QED) is 0.300. The summed E-state index contributed by atoms with van der Waals surface area (Å²) in [6, 6.07) is 0. The highest BCUT2D eigenvalue weighted by Crippen LogP contribution is 2.89. The van der Waals surface area contributed by atoms with Crippen LogP contribution in [0.5, 0.6) is 0 Å². The molecule has 0 amide bonds. The first-order valence-electron chi connectivity index (χ1n) is 17.3. The van der Waals surface area contributed by atoms with E-state index in [2.05, 4.69) is 34.6 Å². The normalized spacial score (nSPS) is 56.9. The molecule has 16 atom stereocenters. The van der Waals surface area contributed by atoms with Crippen LogP contribution in [0.15, 0.2) is 0 Å². The zero-order chi connectivity index (χ0) is 32.0. The number of carbonyl (C=O) groups is 1. The highest BCUT2D eigenvalue weighted by atomic mass is 16.7.